The number of aromatic nitrogens is 4. The van der Waals surface area contributed by atoms with Gasteiger partial charge < -0.3 is 15.4 Å². The van der Waals surface area contributed by atoms with Gasteiger partial charge in [-0.25, -0.2) is 9.97 Å². The van der Waals surface area contributed by atoms with Crippen LogP contribution in [0, 0.1) is 0 Å². The number of pyridine rings is 2. The average molecular weight is 429 g/mol. The van der Waals surface area contributed by atoms with Crippen molar-refractivity contribution in [1.82, 2.24) is 25.5 Å². The number of benzene rings is 1. The molecule has 4 N–H and O–H groups in total. The third kappa shape index (κ3) is 4.36. The van der Waals surface area contributed by atoms with Gasteiger partial charge in [0, 0.05) is 25.2 Å². The summed E-state index contributed by atoms with van der Waals surface area (Å²) in [6, 6.07) is 12.2. The van der Waals surface area contributed by atoms with Crippen LogP contribution in [0.1, 0.15) is 5.56 Å². The molecule has 4 aromatic rings. The second-order valence-electron chi connectivity index (χ2n) is 7.29. The first kappa shape index (κ1) is 19.9. The van der Waals surface area contributed by atoms with Gasteiger partial charge in [0.2, 0.25) is 0 Å². The molecule has 1 aliphatic rings. The quantitative estimate of drug-likeness (QED) is 0.312. The van der Waals surface area contributed by atoms with Crippen LogP contribution in [0.25, 0.3) is 10.9 Å². The van der Waals surface area contributed by atoms with E-state index in [2.05, 4.69) is 54.7 Å². The number of methoxy groups -OCH3 is 1. The molecule has 0 spiro atoms. The van der Waals surface area contributed by atoms with Crippen molar-refractivity contribution in [2.24, 2.45) is 0 Å². The highest BCUT2D eigenvalue weighted by Crippen LogP contribution is 2.28. The largest absolute Gasteiger partial charge is 0.383 e. The van der Waals surface area contributed by atoms with E-state index in [0.29, 0.717) is 37.1 Å². The molecule has 0 amide bonds. The number of anilines is 5. The Labute approximate surface area is 185 Å². The zero-order valence-electron chi connectivity index (χ0n) is 17.5. The smallest absolute Gasteiger partial charge is 0.191 e. The van der Waals surface area contributed by atoms with E-state index in [1.54, 1.807) is 31.9 Å². The molecule has 4 heterocycles. The lowest BCUT2D eigenvalue weighted by atomic mass is 10.1. The van der Waals surface area contributed by atoms with E-state index in [4.69, 9.17) is 9.72 Å². The minimum atomic E-state index is 0.615. The van der Waals surface area contributed by atoms with Gasteiger partial charge in [-0.3, -0.25) is 20.4 Å². The first-order valence-corrected chi connectivity index (χ1v) is 10.2. The van der Waals surface area contributed by atoms with E-state index in [1.807, 2.05) is 23.2 Å². The molecule has 1 aromatic carbocycles. The van der Waals surface area contributed by atoms with Crippen molar-refractivity contribution >= 4 is 39.7 Å². The van der Waals surface area contributed by atoms with Crippen LogP contribution in [-0.2, 0) is 11.3 Å². The summed E-state index contributed by atoms with van der Waals surface area (Å²) in [6.45, 7) is 1.94. The number of nitrogens with one attached hydrogen (secondary N) is 4. The second-order valence-corrected chi connectivity index (χ2v) is 7.29. The number of hydrazine groups is 2. The van der Waals surface area contributed by atoms with Gasteiger partial charge in [0.1, 0.15) is 0 Å². The normalized spacial score (nSPS) is 12.5. The summed E-state index contributed by atoms with van der Waals surface area (Å²) in [6.07, 6.45) is 7.00. The van der Waals surface area contributed by atoms with Crippen LogP contribution in [0.15, 0.2) is 61.2 Å². The number of hydrogen-bond acceptors (Lipinski definition) is 10. The first-order chi connectivity index (χ1) is 15.8. The predicted octanol–water partition coefficient (Wildman–Crippen LogP) is 3.07. The van der Waals surface area contributed by atoms with Crippen molar-refractivity contribution in [2.45, 2.75) is 6.54 Å². The molecule has 10 nitrogen and oxygen atoms in total. The van der Waals surface area contributed by atoms with Crippen LogP contribution >= 0.6 is 0 Å². The molecule has 10 heteroatoms. The molecule has 0 radical (unpaired) electrons. The lowest BCUT2D eigenvalue weighted by Crippen LogP contribution is -2.35. The zero-order chi connectivity index (χ0) is 21.8. The van der Waals surface area contributed by atoms with Gasteiger partial charge in [0.25, 0.3) is 0 Å². The van der Waals surface area contributed by atoms with Crippen molar-refractivity contribution < 1.29 is 4.74 Å². The monoisotopic (exact) mass is 429 g/mol. The molecule has 1 aliphatic heterocycles. The van der Waals surface area contributed by atoms with E-state index in [0.717, 1.165) is 27.8 Å². The second kappa shape index (κ2) is 9.00. The lowest BCUT2D eigenvalue weighted by Gasteiger charge is -2.17. The van der Waals surface area contributed by atoms with Gasteiger partial charge >= 0.3 is 0 Å². The van der Waals surface area contributed by atoms with E-state index in [-0.39, 0.29) is 0 Å². The number of ether oxygens (including phenoxy) is 1. The third-order valence-corrected chi connectivity index (χ3v) is 4.97. The molecule has 0 unspecified atom stereocenters. The van der Waals surface area contributed by atoms with Gasteiger partial charge in [-0.1, -0.05) is 12.1 Å². The average Bonchev–Trinajstić information content (AvgIpc) is 3.21. The summed E-state index contributed by atoms with van der Waals surface area (Å²) >= 11 is 0. The van der Waals surface area contributed by atoms with Gasteiger partial charge in [-0.15, -0.1) is 5.53 Å². The zero-order valence-corrected chi connectivity index (χ0v) is 17.5. The summed E-state index contributed by atoms with van der Waals surface area (Å²) in [5, 5.41) is 9.56. The standard InChI is InChI=1S/C22H23N9O/c1-32-8-7-24-17-10-18(12-23-11-17)27-20-13-26-21-22(28-20)31(30-29-21)14-15-4-5-19-16(9-15)3-2-6-25-19/h2-6,9-13,24,30H,7-8,14H2,1H3,(H,26,29)(H,27,28). The fraction of sp³-hybridized carbons (Fsp3) is 0.182. The Balaban J connectivity index is 1.31. The fourth-order valence-corrected chi connectivity index (χ4v) is 3.46. The third-order valence-electron chi connectivity index (χ3n) is 4.97. The SMILES string of the molecule is COCCNc1cncc(Nc2cnc3c(n2)N(Cc2ccc4ncccc4c2)NN3)c1. The molecule has 0 atom stereocenters. The molecule has 32 heavy (non-hydrogen) atoms. The van der Waals surface area contributed by atoms with Crippen molar-refractivity contribution in [2.75, 3.05) is 41.3 Å². The maximum atomic E-state index is 5.07. The molecular weight excluding hydrogens is 406 g/mol. The molecule has 0 bridgehead atoms. The summed E-state index contributed by atoms with van der Waals surface area (Å²) in [5.74, 6) is 2.01. The Hall–Kier alpha value is -4.02. The number of hydrogen-bond donors (Lipinski definition) is 4. The molecule has 0 aliphatic carbocycles. The highest BCUT2D eigenvalue weighted by molar-refractivity contribution is 5.79. The molecular formula is C22H23N9O. The van der Waals surface area contributed by atoms with Gasteiger partial charge in [-0.2, -0.15) is 0 Å². The highest BCUT2D eigenvalue weighted by Gasteiger charge is 2.22. The van der Waals surface area contributed by atoms with E-state index < -0.39 is 0 Å². The van der Waals surface area contributed by atoms with Crippen molar-refractivity contribution in [1.29, 1.82) is 0 Å². The topological polar surface area (TPSA) is 112 Å². The van der Waals surface area contributed by atoms with Crippen LogP contribution in [0.5, 0.6) is 0 Å². The summed E-state index contributed by atoms with van der Waals surface area (Å²) in [4.78, 5) is 17.9. The molecule has 162 valence electrons. The Morgan fingerprint density at radius 1 is 1.06 bits per heavy atom. The van der Waals surface area contributed by atoms with Crippen LogP contribution < -0.4 is 26.6 Å². The Kier molecular flexibility index (Phi) is 5.60. The molecule has 0 fully saturated rings. The van der Waals surface area contributed by atoms with Crippen LogP contribution in [0.3, 0.4) is 0 Å². The summed E-state index contributed by atoms with van der Waals surface area (Å²) < 4.78 is 5.07. The van der Waals surface area contributed by atoms with Crippen LogP contribution in [-0.4, -0.2) is 40.2 Å². The molecule has 5 rings (SSSR count). The van der Waals surface area contributed by atoms with Crippen LogP contribution in [0.4, 0.5) is 28.8 Å². The van der Waals surface area contributed by atoms with Crippen molar-refractivity contribution in [3.63, 3.8) is 0 Å². The number of nitrogens with zero attached hydrogens (tertiary/aromatic N) is 5. The molecule has 0 saturated heterocycles. The minimum Gasteiger partial charge on any atom is -0.383 e. The maximum absolute atomic E-state index is 5.07. The fourth-order valence-electron chi connectivity index (χ4n) is 3.46. The molecule has 3 aromatic heterocycles. The highest BCUT2D eigenvalue weighted by atomic mass is 16.5. The van der Waals surface area contributed by atoms with Gasteiger partial charge in [0.05, 0.1) is 48.6 Å². The predicted molar refractivity (Wildman–Crippen MR) is 125 cm³/mol. The number of rotatable bonds is 8. The van der Waals surface area contributed by atoms with Gasteiger partial charge in [0.15, 0.2) is 17.5 Å². The maximum Gasteiger partial charge on any atom is 0.191 e. The summed E-state index contributed by atoms with van der Waals surface area (Å²) in [7, 11) is 1.68. The minimum absolute atomic E-state index is 0.615. The van der Waals surface area contributed by atoms with Crippen molar-refractivity contribution in [3.8, 4) is 0 Å². The Morgan fingerprint density at radius 3 is 2.94 bits per heavy atom. The van der Waals surface area contributed by atoms with E-state index >= 15 is 0 Å². The summed E-state index contributed by atoms with van der Waals surface area (Å²) in [5.41, 5.74) is 10.0. The first-order valence-electron chi connectivity index (χ1n) is 10.2. The van der Waals surface area contributed by atoms with Gasteiger partial charge in [-0.05, 0) is 29.8 Å². The number of fused-ring (bicyclic) bond motifs is 2. The lowest BCUT2D eigenvalue weighted by molar-refractivity contribution is 0.211. The Morgan fingerprint density at radius 2 is 2.00 bits per heavy atom. The van der Waals surface area contributed by atoms with Crippen LogP contribution in [0.2, 0.25) is 0 Å². The van der Waals surface area contributed by atoms with E-state index in [1.165, 1.54) is 0 Å². The Bertz CT molecular complexity index is 1230. The molecule has 0 saturated carbocycles. The van der Waals surface area contributed by atoms with Crippen molar-refractivity contribution in [3.05, 3.63) is 66.7 Å². The van der Waals surface area contributed by atoms with E-state index in [9.17, 15) is 0 Å².